The molecular formula is C27H18N2O9. The lowest BCUT2D eigenvalue weighted by molar-refractivity contribution is -0.115. The maximum atomic E-state index is 11.4. The van der Waals surface area contributed by atoms with Crippen molar-refractivity contribution in [1.82, 2.24) is 10.6 Å². The van der Waals surface area contributed by atoms with Crippen molar-refractivity contribution in [3.05, 3.63) is 101 Å². The van der Waals surface area contributed by atoms with Gasteiger partial charge in [0.2, 0.25) is 0 Å². The van der Waals surface area contributed by atoms with Crippen molar-refractivity contribution in [2.75, 3.05) is 0 Å². The van der Waals surface area contributed by atoms with Crippen molar-refractivity contribution in [2.45, 2.75) is 0 Å². The topological polar surface area (TPSA) is 176 Å². The van der Waals surface area contributed by atoms with Crippen LogP contribution in [-0.4, -0.2) is 40.4 Å². The number of carboxylic acid groups (broad SMARTS) is 2. The lowest BCUT2D eigenvalue weighted by Crippen LogP contribution is -2.22. The van der Waals surface area contributed by atoms with E-state index in [0.717, 1.165) is 5.56 Å². The van der Waals surface area contributed by atoms with Gasteiger partial charge >= 0.3 is 18.0 Å². The Morgan fingerprint density at radius 2 is 1.13 bits per heavy atom. The van der Waals surface area contributed by atoms with Crippen LogP contribution in [0, 0.1) is 0 Å². The first-order valence-electron chi connectivity index (χ1n) is 10.9. The number of hydrogen-bond acceptors (Lipinski definition) is 7. The van der Waals surface area contributed by atoms with E-state index in [1.807, 2.05) is 0 Å². The van der Waals surface area contributed by atoms with Crippen molar-refractivity contribution < 1.29 is 43.0 Å². The van der Waals surface area contributed by atoms with E-state index in [0.29, 0.717) is 29.1 Å². The fourth-order valence-corrected chi connectivity index (χ4v) is 3.34. The molecule has 4 N–H and O–H groups in total. The molecule has 11 nitrogen and oxygen atoms in total. The Bertz CT molecular complexity index is 1560. The molecule has 1 saturated heterocycles. The third-order valence-electron chi connectivity index (χ3n) is 5.21. The van der Waals surface area contributed by atoms with Gasteiger partial charge in [-0.25, -0.2) is 14.4 Å². The number of carbonyl (C=O) groups is 5. The molecule has 0 radical (unpaired) electrons. The third kappa shape index (κ3) is 5.91. The highest BCUT2D eigenvalue weighted by atomic mass is 16.4. The molecule has 0 saturated carbocycles. The van der Waals surface area contributed by atoms with Gasteiger partial charge in [-0.05, 0) is 48.5 Å². The molecule has 38 heavy (non-hydrogen) atoms. The number of imide groups is 1. The smallest absolute Gasteiger partial charge is 0.335 e. The van der Waals surface area contributed by atoms with Crippen molar-refractivity contribution in [2.24, 2.45) is 0 Å². The summed E-state index contributed by atoms with van der Waals surface area (Å²) in [5.41, 5.74) is 1.94. The predicted octanol–water partition coefficient (Wildman–Crippen LogP) is 4.28. The van der Waals surface area contributed by atoms with E-state index in [1.54, 1.807) is 48.5 Å². The van der Waals surface area contributed by atoms with E-state index in [2.05, 4.69) is 10.6 Å². The number of urea groups is 1. The highest BCUT2D eigenvalue weighted by Crippen LogP contribution is 2.24. The zero-order valence-electron chi connectivity index (χ0n) is 19.3. The van der Waals surface area contributed by atoms with Crippen molar-refractivity contribution >= 4 is 36.2 Å². The van der Waals surface area contributed by atoms with E-state index in [1.165, 1.54) is 30.3 Å². The van der Waals surface area contributed by atoms with Crippen LogP contribution in [0.15, 0.2) is 87.3 Å². The summed E-state index contributed by atoms with van der Waals surface area (Å²) in [6.45, 7) is 0. The standard InChI is InChI=1S/C15H10N2O5.C12H8O4/c18-13-11(16-15(21)17-13)7-10-5-6-12(22-10)8-1-3-9(4-2-8)14(19)20;13-7-10-5-6-11(16-10)8-1-3-9(4-2-8)12(14)15/h1-7H,(H,19,20)(H2,16,17,18,21);1-7H,(H,14,15)/b11-7-;. The Morgan fingerprint density at radius 1 is 0.658 bits per heavy atom. The average molecular weight is 514 g/mol. The number of carbonyl (C=O) groups excluding carboxylic acids is 3. The lowest BCUT2D eigenvalue weighted by atomic mass is 10.1. The number of aromatic carboxylic acids is 2. The molecule has 4 aromatic rings. The van der Waals surface area contributed by atoms with E-state index in [9.17, 15) is 24.0 Å². The van der Waals surface area contributed by atoms with Gasteiger partial charge in [0.25, 0.3) is 5.91 Å². The van der Waals surface area contributed by atoms with Crippen LogP contribution < -0.4 is 10.6 Å². The first kappa shape index (κ1) is 25.4. The van der Waals surface area contributed by atoms with Gasteiger partial charge in [0.15, 0.2) is 12.0 Å². The number of carboxylic acids is 2. The van der Waals surface area contributed by atoms with E-state index >= 15 is 0 Å². The fourth-order valence-electron chi connectivity index (χ4n) is 3.34. The van der Waals surface area contributed by atoms with Crippen LogP contribution in [-0.2, 0) is 4.79 Å². The minimum atomic E-state index is -1.00. The Kier molecular flexibility index (Phi) is 7.29. The summed E-state index contributed by atoms with van der Waals surface area (Å²) in [5.74, 6) is -0.790. The second kappa shape index (κ2) is 10.9. The molecule has 0 bridgehead atoms. The number of hydrogen-bond donors (Lipinski definition) is 4. The number of amides is 3. The van der Waals surface area contributed by atoms with E-state index in [4.69, 9.17) is 19.0 Å². The van der Waals surface area contributed by atoms with Gasteiger partial charge in [0, 0.05) is 17.2 Å². The van der Waals surface area contributed by atoms with E-state index < -0.39 is 23.9 Å². The zero-order chi connectivity index (χ0) is 27.2. The molecule has 1 aliphatic heterocycles. The maximum Gasteiger partial charge on any atom is 0.335 e. The molecule has 1 aliphatic rings. The molecule has 0 atom stereocenters. The molecule has 11 heteroatoms. The number of nitrogens with one attached hydrogen (secondary N) is 2. The number of benzene rings is 2. The number of furan rings is 2. The zero-order valence-corrected chi connectivity index (χ0v) is 19.3. The summed E-state index contributed by atoms with van der Waals surface area (Å²) in [7, 11) is 0. The first-order chi connectivity index (χ1) is 18.2. The normalized spacial score (nSPS) is 13.3. The van der Waals surface area contributed by atoms with Gasteiger partial charge in [0.05, 0.1) is 11.1 Å². The first-order valence-corrected chi connectivity index (χ1v) is 10.9. The van der Waals surface area contributed by atoms with Gasteiger partial charge in [-0.15, -0.1) is 0 Å². The fraction of sp³-hybridized carbons (Fsp3) is 0. The largest absolute Gasteiger partial charge is 0.478 e. The number of aldehydes is 1. The summed E-state index contributed by atoms with van der Waals surface area (Å²) in [4.78, 5) is 54.3. The molecule has 5 rings (SSSR count). The van der Waals surface area contributed by atoms with Crippen LogP contribution in [0.25, 0.3) is 28.7 Å². The van der Waals surface area contributed by atoms with Gasteiger partial charge < -0.3 is 24.4 Å². The average Bonchev–Trinajstić information content (AvgIpc) is 3.65. The summed E-state index contributed by atoms with van der Waals surface area (Å²) in [5, 5.41) is 22.0. The van der Waals surface area contributed by atoms with Gasteiger partial charge in [-0.1, -0.05) is 24.3 Å². The Hall–Kier alpha value is -5.71. The Labute approximate surface area is 214 Å². The highest BCUT2D eigenvalue weighted by molar-refractivity contribution is 6.13. The minimum absolute atomic E-state index is 0.104. The van der Waals surface area contributed by atoms with Crippen molar-refractivity contribution in [1.29, 1.82) is 0 Å². The van der Waals surface area contributed by atoms with Crippen LogP contribution in [0.2, 0.25) is 0 Å². The maximum absolute atomic E-state index is 11.4. The van der Waals surface area contributed by atoms with Gasteiger partial charge in [-0.2, -0.15) is 0 Å². The predicted molar refractivity (Wildman–Crippen MR) is 132 cm³/mol. The molecular weight excluding hydrogens is 496 g/mol. The molecule has 190 valence electrons. The molecule has 0 aliphatic carbocycles. The summed E-state index contributed by atoms with van der Waals surface area (Å²) in [6, 6.07) is 18.4. The van der Waals surface area contributed by atoms with Gasteiger partial charge in [0.1, 0.15) is 23.0 Å². The minimum Gasteiger partial charge on any atom is -0.478 e. The lowest BCUT2D eigenvalue weighted by Gasteiger charge is -1.98. The molecule has 2 aromatic carbocycles. The molecule has 2 aromatic heterocycles. The molecule has 3 heterocycles. The van der Waals surface area contributed by atoms with Crippen LogP contribution in [0.1, 0.15) is 37.0 Å². The monoisotopic (exact) mass is 514 g/mol. The molecule has 1 fully saturated rings. The Balaban J connectivity index is 0.000000186. The molecule has 3 amide bonds. The summed E-state index contributed by atoms with van der Waals surface area (Å²) in [6.07, 6.45) is 2.03. The van der Waals surface area contributed by atoms with Crippen molar-refractivity contribution in [3.63, 3.8) is 0 Å². The van der Waals surface area contributed by atoms with Crippen LogP contribution in [0.3, 0.4) is 0 Å². The molecule has 0 unspecified atom stereocenters. The number of rotatable bonds is 6. The third-order valence-corrected chi connectivity index (χ3v) is 5.21. The van der Waals surface area contributed by atoms with Crippen molar-refractivity contribution in [3.8, 4) is 22.6 Å². The molecule has 0 spiro atoms. The van der Waals surface area contributed by atoms with Crippen LogP contribution in [0.5, 0.6) is 0 Å². The SMILES string of the molecule is O=C1NC(=O)/C(=C/c2ccc(-c3ccc(C(=O)O)cc3)o2)N1.O=Cc1ccc(-c2ccc(C(=O)O)cc2)o1. The van der Waals surface area contributed by atoms with Crippen LogP contribution >= 0.6 is 0 Å². The second-order valence-corrected chi connectivity index (χ2v) is 7.75. The Morgan fingerprint density at radius 3 is 1.53 bits per heavy atom. The second-order valence-electron chi connectivity index (χ2n) is 7.75. The highest BCUT2D eigenvalue weighted by Gasteiger charge is 2.23. The van der Waals surface area contributed by atoms with Gasteiger partial charge in [-0.3, -0.25) is 14.9 Å². The summed E-state index contributed by atoms with van der Waals surface area (Å²) >= 11 is 0. The quantitative estimate of drug-likeness (QED) is 0.166. The van der Waals surface area contributed by atoms with Crippen LogP contribution in [0.4, 0.5) is 4.79 Å². The van der Waals surface area contributed by atoms with E-state index in [-0.39, 0.29) is 22.6 Å². The summed E-state index contributed by atoms with van der Waals surface area (Å²) < 4.78 is 10.8.